The van der Waals surface area contributed by atoms with Crippen molar-refractivity contribution >= 4 is 17.7 Å². The first-order valence-corrected chi connectivity index (χ1v) is 13.2. The summed E-state index contributed by atoms with van der Waals surface area (Å²) in [6.07, 6.45) is 1.11. The first kappa shape index (κ1) is 29.4. The fraction of sp³-hybridized carbons (Fsp3) is 0.323. The fourth-order valence-corrected chi connectivity index (χ4v) is 4.08. The van der Waals surface area contributed by atoms with Crippen molar-refractivity contribution in [2.45, 2.75) is 51.2 Å². The average molecular weight is 531 g/mol. The van der Waals surface area contributed by atoms with Crippen LogP contribution in [0.25, 0.3) is 0 Å². The SMILES string of the molecule is CC(C)[C@H](N)C(=O)N[C@@H](Cc1ccc(O)cc1)C(=O)N[C@@H](Cc1ccccc1)C(=O)NCCc1ccccc1. The van der Waals surface area contributed by atoms with E-state index in [4.69, 9.17) is 5.73 Å². The number of phenols is 1. The van der Waals surface area contributed by atoms with Crippen LogP contribution in [-0.2, 0) is 33.6 Å². The number of carbonyl (C=O) groups is 3. The van der Waals surface area contributed by atoms with E-state index in [-0.39, 0.29) is 30.4 Å². The third kappa shape index (κ3) is 9.57. The minimum Gasteiger partial charge on any atom is -0.508 e. The highest BCUT2D eigenvalue weighted by Gasteiger charge is 2.29. The van der Waals surface area contributed by atoms with E-state index in [1.54, 1.807) is 12.1 Å². The normalized spacial score (nSPS) is 13.2. The number of phenolic OH excluding ortho intramolecular Hbond substituents is 1. The second-order valence-corrected chi connectivity index (χ2v) is 9.98. The molecule has 0 spiro atoms. The van der Waals surface area contributed by atoms with Crippen molar-refractivity contribution in [2.24, 2.45) is 11.7 Å². The van der Waals surface area contributed by atoms with Crippen molar-refractivity contribution in [3.63, 3.8) is 0 Å². The van der Waals surface area contributed by atoms with Crippen LogP contribution in [0.15, 0.2) is 84.9 Å². The number of benzene rings is 3. The van der Waals surface area contributed by atoms with E-state index in [1.165, 1.54) is 12.1 Å². The summed E-state index contributed by atoms with van der Waals surface area (Å²) in [5.41, 5.74) is 8.76. The van der Waals surface area contributed by atoms with Gasteiger partial charge < -0.3 is 26.8 Å². The lowest BCUT2D eigenvalue weighted by Crippen LogP contribution is -2.57. The summed E-state index contributed by atoms with van der Waals surface area (Å²) in [6.45, 7) is 4.07. The summed E-state index contributed by atoms with van der Waals surface area (Å²) in [4.78, 5) is 39.6. The Labute approximate surface area is 230 Å². The van der Waals surface area contributed by atoms with E-state index >= 15 is 0 Å². The van der Waals surface area contributed by atoms with E-state index in [9.17, 15) is 19.5 Å². The summed E-state index contributed by atoms with van der Waals surface area (Å²) < 4.78 is 0. The third-order valence-electron chi connectivity index (χ3n) is 6.50. The van der Waals surface area contributed by atoms with Gasteiger partial charge in [0.05, 0.1) is 6.04 Å². The van der Waals surface area contributed by atoms with E-state index in [0.717, 1.165) is 16.7 Å². The molecule has 3 rings (SSSR count). The molecule has 3 aromatic carbocycles. The number of rotatable bonds is 13. The Balaban J connectivity index is 1.76. The molecule has 0 radical (unpaired) electrons. The zero-order valence-corrected chi connectivity index (χ0v) is 22.5. The number of carbonyl (C=O) groups excluding carboxylic acids is 3. The number of amides is 3. The Bertz CT molecular complexity index is 1200. The van der Waals surface area contributed by atoms with Gasteiger partial charge >= 0.3 is 0 Å². The summed E-state index contributed by atoms with van der Waals surface area (Å²) in [5, 5.41) is 18.2. The van der Waals surface area contributed by atoms with Gasteiger partial charge in [0.25, 0.3) is 0 Å². The van der Waals surface area contributed by atoms with E-state index < -0.39 is 29.9 Å². The van der Waals surface area contributed by atoms with E-state index in [0.29, 0.717) is 13.0 Å². The quantitative estimate of drug-likeness (QED) is 0.232. The Morgan fingerprint density at radius 2 is 1.18 bits per heavy atom. The van der Waals surface area contributed by atoms with Gasteiger partial charge in [0.15, 0.2) is 0 Å². The summed E-state index contributed by atoms with van der Waals surface area (Å²) in [5.74, 6) is -1.27. The van der Waals surface area contributed by atoms with Crippen molar-refractivity contribution in [1.29, 1.82) is 0 Å². The summed E-state index contributed by atoms with van der Waals surface area (Å²) in [6, 6.07) is 23.0. The van der Waals surface area contributed by atoms with Gasteiger partial charge in [-0.15, -0.1) is 0 Å². The summed E-state index contributed by atoms with van der Waals surface area (Å²) in [7, 11) is 0. The maximum Gasteiger partial charge on any atom is 0.243 e. The van der Waals surface area contributed by atoms with Crippen LogP contribution in [0.4, 0.5) is 0 Å². The molecule has 3 aromatic rings. The van der Waals surface area contributed by atoms with Crippen LogP contribution in [0.3, 0.4) is 0 Å². The molecule has 0 aromatic heterocycles. The van der Waals surface area contributed by atoms with E-state index in [2.05, 4.69) is 16.0 Å². The van der Waals surface area contributed by atoms with Crippen molar-refractivity contribution in [1.82, 2.24) is 16.0 Å². The standard InChI is InChI=1S/C31H38N4O4/c1-21(2)28(32)31(39)35-27(20-24-13-15-25(36)16-14-24)30(38)34-26(19-23-11-7-4-8-12-23)29(37)33-18-17-22-9-5-3-6-10-22/h3-16,21,26-28,36H,17-20,32H2,1-2H3,(H,33,37)(H,34,38)(H,35,39)/t26-,27-,28-/m0/s1. The number of aromatic hydroxyl groups is 1. The lowest BCUT2D eigenvalue weighted by molar-refractivity contribution is -0.132. The van der Waals surface area contributed by atoms with Crippen LogP contribution >= 0.6 is 0 Å². The number of hydrogen-bond acceptors (Lipinski definition) is 5. The minimum atomic E-state index is -0.970. The van der Waals surface area contributed by atoms with Crippen molar-refractivity contribution in [3.05, 3.63) is 102 Å². The number of nitrogens with two attached hydrogens (primary N) is 1. The van der Waals surface area contributed by atoms with Crippen molar-refractivity contribution in [2.75, 3.05) is 6.54 Å². The van der Waals surface area contributed by atoms with Gasteiger partial charge in [0.1, 0.15) is 17.8 Å². The highest BCUT2D eigenvalue weighted by molar-refractivity contribution is 5.93. The second kappa shape index (κ2) is 14.7. The molecule has 0 heterocycles. The topological polar surface area (TPSA) is 134 Å². The van der Waals surface area contributed by atoms with Crippen LogP contribution in [0.1, 0.15) is 30.5 Å². The molecule has 0 aliphatic rings. The molecule has 0 unspecified atom stereocenters. The van der Waals surface area contributed by atoms with Gasteiger partial charge in [0.2, 0.25) is 17.7 Å². The van der Waals surface area contributed by atoms with Crippen LogP contribution in [0, 0.1) is 5.92 Å². The van der Waals surface area contributed by atoms with Crippen LogP contribution in [0.5, 0.6) is 5.75 Å². The lowest BCUT2D eigenvalue weighted by Gasteiger charge is -2.25. The first-order chi connectivity index (χ1) is 18.7. The van der Waals surface area contributed by atoms with Gasteiger partial charge in [-0.25, -0.2) is 0 Å². The predicted octanol–water partition coefficient (Wildman–Crippen LogP) is 2.49. The molecule has 0 saturated carbocycles. The number of nitrogens with one attached hydrogen (secondary N) is 3. The Morgan fingerprint density at radius 3 is 1.74 bits per heavy atom. The predicted molar refractivity (Wildman–Crippen MR) is 152 cm³/mol. The summed E-state index contributed by atoms with van der Waals surface area (Å²) >= 11 is 0. The molecular weight excluding hydrogens is 492 g/mol. The molecule has 206 valence electrons. The monoisotopic (exact) mass is 530 g/mol. The molecule has 6 N–H and O–H groups in total. The third-order valence-corrected chi connectivity index (χ3v) is 6.50. The maximum absolute atomic E-state index is 13.5. The zero-order chi connectivity index (χ0) is 28.2. The molecule has 0 aliphatic heterocycles. The Morgan fingerprint density at radius 1 is 0.692 bits per heavy atom. The molecule has 8 nitrogen and oxygen atoms in total. The van der Waals surface area contributed by atoms with Crippen molar-refractivity contribution < 1.29 is 19.5 Å². The molecule has 0 saturated heterocycles. The second-order valence-electron chi connectivity index (χ2n) is 9.98. The van der Waals surface area contributed by atoms with Crippen LogP contribution in [-0.4, -0.2) is 47.5 Å². The van der Waals surface area contributed by atoms with Gasteiger partial charge in [-0.3, -0.25) is 14.4 Å². The molecular formula is C31H38N4O4. The molecule has 0 bridgehead atoms. The van der Waals surface area contributed by atoms with Gasteiger partial charge in [-0.2, -0.15) is 0 Å². The van der Waals surface area contributed by atoms with Crippen LogP contribution in [0.2, 0.25) is 0 Å². The smallest absolute Gasteiger partial charge is 0.243 e. The molecule has 8 heteroatoms. The average Bonchev–Trinajstić information content (AvgIpc) is 2.94. The molecule has 0 fully saturated rings. The molecule has 3 amide bonds. The Hall–Kier alpha value is -4.17. The van der Waals surface area contributed by atoms with Gasteiger partial charge in [0, 0.05) is 19.4 Å². The number of hydrogen-bond donors (Lipinski definition) is 5. The zero-order valence-electron chi connectivity index (χ0n) is 22.5. The maximum atomic E-state index is 13.5. The lowest BCUT2D eigenvalue weighted by atomic mass is 10.0. The molecule has 0 aliphatic carbocycles. The van der Waals surface area contributed by atoms with Gasteiger partial charge in [-0.1, -0.05) is 86.6 Å². The minimum absolute atomic E-state index is 0.0979. The molecule has 39 heavy (non-hydrogen) atoms. The van der Waals surface area contributed by atoms with E-state index in [1.807, 2.05) is 74.5 Å². The highest BCUT2D eigenvalue weighted by atomic mass is 16.3. The Kier molecular flexibility index (Phi) is 11.1. The van der Waals surface area contributed by atoms with Crippen molar-refractivity contribution in [3.8, 4) is 5.75 Å². The largest absolute Gasteiger partial charge is 0.508 e. The first-order valence-electron chi connectivity index (χ1n) is 13.2. The van der Waals surface area contributed by atoms with Gasteiger partial charge in [-0.05, 0) is 41.2 Å². The fourth-order valence-electron chi connectivity index (χ4n) is 4.08. The highest BCUT2D eigenvalue weighted by Crippen LogP contribution is 2.13. The van der Waals surface area contributed by atoms with Crippen LogP contribution < -0.4 is 21.7 Å². The molecule has 3 atom stereocenters.